The standard InChI is InChI=1S/C13H11ClFN3O/c14-10-5-9(7-17-12(10)16)13(19)18-6-8-3-1-2-4-11(8)15/h1-5,7H,6H2,(H2,16,17)(H,18,19). The second-order valence-electron chi connectivity index (χ2n) is 3.87. The van der Waals surface area contributed by atoms with E-state index in [1.807, 2.05) is 0 Å². The molecule has 2 aromatic rings. The van der Waals surface area contributed by atoms with Crippen LogP contribution in [0.5, 0.6) is 0 Å². The van der Waals surface area contributed by atoms with Crippen LogP contribution in [0.25, 0.3) is 0 Å². The Labute approximate surface area is 114 Å². The van der Waals surface area contributed by atoms with Gasteiger partial charge in [-0.15, -0.1) is 0 Å². The lowest BCUT2D eigenvalue weighted by atomic mass is 10.2. The first-order valence-electron chi connectivity index (χ1n) is 5.50. The Bertz CT molecular complexity index is 619. The van der Waals surface area contributed by atoms with Crippen LogP contribution in [0.2, 0.25) is 5.02 Å². The molecule has 0 atom stereocenters. The zero-order valence-electron chi connectivity index (χ0n) is 9.86. The van der Waals surface area contributed by atoms with E-state index in [2.05, 4.69) is 10.3 Å². The van der Waals surface area contributed by atoms with E-state index >= 15 is 0 Å². The summed E-state index contributed by atoms with van der Waals surface area (Å²) in [5, 5.41) is 2.79. The number of rotatable bonds is 3. The molecule has 0 aliphatic carbocycles. The zero-order valence-corrected chi connectivity index (χ0v) is 10.6. The molecule has 6 heteroatoms. The Balaban J connectivity index is 2.05. The maximum atomic E-state index is 13.4. The van der Waals surface area contributed by atoms with Gasteiger partial charge in [0.1, 0.15) is 11.6 Å². The maximum Gasteiger partial charge on any atom is 0.253 e. The predicted octanol–water partition coefficient (Wildman–Crippen LogP) is 2.39. The molecule has 0 aliphatic rings. The molecule has 3 N–H and O–H groups in total. The molecule has 98 valence electrons. The average Bonchev–Trinajstić information content (AvgIpc) is 2.40. The fourth-order valence-electron chi connectivity index (χ4n) is 1.49. The fourth-order valence-corrected chi connectivity index (χ4v) is 1.66. The minimum absolute atomic E-state index is 0.0908. The van der Waals surface area contributed by atoms with E-state index in [4.69, 9.17) is 17.3 Å². The lowest BCUT2D eigenvalue weighted by Gasteiger charge is -2.07. The summed E-state index contributed by atoms with van der Waals surface area (Å²) in [6.45, 7) is 0.0908. The smallest absolute Gasteiger partial charge is 0.253 e. The van der Waals surface area contributed by atoms with Crippen LogP contribution in [0.3, 0.4) is 0 Å². The molecule has 0 radical (unpaired) electrons. The third-order valence-corrected chi connectivity index (χ3v) is 2.83. The summed E-state index contributed by atoms with van der Waals surface area (Å²) in [6.07, 6.45) is 1.32. The molecule has 0 spiro atoms. The number of carbonyl (C=O) groups excluding carboxylic acids is 1. The summed E-state index contributed by atoms with van der Waals surface area (Å²) in [5.74, 6) is -0.596. The number of hydrogen-bond acceptors (Lipinski definition) is 3. The van der Waals surface area contributed by atoms with Crippen LogP contribution < -0.4 is 11.1 Å². The monoisotopic (exact) mass is 279 g/mol. The van der Waals surface area contributed by atoms with Crippen LogP contribution >= 0.6 is 11.6 Å². The van der Waals surface area contributed by atoms with Gasteiger partial charge in [0, 0.05) is 18.3 Å². The van der Waals surface area contributed by atoms with Crippen molar-refractivity contribution in [3.8, 4) is 0 Å². The van der Waals surface area contributed by atoms with Gasteiger partial charge in [-0.2, -0.15) is 0 Å². The van der Waals surface area contributed by atoms with Gasteiger partial charge in [-0.05, 0) is 12.1 Å². The van der Waals surface area contributed by atoms with Gasteiger partial charge in [0.25, 0.3) is 5.91 Å². The van der Waals surface area contributed by atoms with Crippen LogP contribution in [-0.2, 0) is 6.54 Å². The molecule has 0 aliphatic heterocycles. The number of nitrogen functional groups attached to an aromatic ring is 1. The highest BCUT2D eigenvalue weighted by atomic mass is 35.5. The fraction of sp³-hybridized carbons (Fsp3) is 0.0769. The number of halogens is 2. The van der Waals surface area contributed by atoms with Crippen LogP contribution in [0.1, 0.15) is 15.9 Å². The van der Waals surface area contributed by atoms with Crippen molar-refractivity contribution in [1.82, 2.24) is 10.3 Å². The van der Waals surface area contributed by atoms with Crippen molar-refractivity contribution in [2.45, 2.75) is 6.54 Å². The van der Waals surface area contributed by atoms with Crippen molar-refractivity contribution < 1.29 is 9.18 Å². The highest BCUT2D eigenvalue weighted by molar-refractivity contribution is 6.33. The number of carbonyl (C=O) groups is 1. The number of nitrogens with zero attached hydrogens (tertiary/aromatic N) is 1. The first kappa shape index (κ1) is 13.3. The highest BCUT2D eigenvalue weighted by Crippen LogP contribution is 2.16. The number of pyridine rings is 1. The lowest BCUT2D eigenvalue weighted by molar-refractivity contribution is 0.0950. The van der Waals surface area contributed by atoms with E-state index in [1.165, 1.54) is 18.3 Å². The molecule has 0 saturated carbocycles. The molecule has 4 nitrogen and oxygen atoms in total. The molecular formula is C13H11ClFN3O. The minimum Gasteiger partial charge on any atom is -0.382 e. The van der Waals surface area contributed by atoms with E-state index in [0.717, 1.165) is 0 Å². The van der Waals surface area contributed by atoms with Gasteiger partial charge in [0.05, 0.1) is 10.6 Å². The molecule has 19 heavy (non-hydrogen) atoms. The summed E-state index contributed by atoms with van der Waals surface area (Å²) in [6, 6.07) is 7.64. The van der Waals surface area contributed by atoms with E-state index in [1.54, 1.807) is 18.2 Å². The summed E-state index contributed by atoms with van der Waals surface area (Å²) in [5.41, 5.74) is 6.13. The number of aromatic nitrogens is 1. The summed E-state index contributed by atoms with van der Waals surface area (Å²) < 4.78 is 13.4. The Hall–Kier alpha value is -2.14. The topological polar surface area (TPSA) is 68.0 Å². The van der Waals surface area contributed by atoms with Gasteiger partial charge in [-0.25, -0.2) is 9.37 Å². The largest absolute Gasteiger partial charge is 0.382 e. The number of benzene rings is 1. The van der Waals surface area contributed by atoms with E-state index in [0.29, 0.717) is 5.56 Å². The van der Waals surface area contributed by atoms with Crippen molar-refractivity contribution in [3.63, 3.8) is 0 Å². The number of hydrogen-bond donors (Lipinski definition) is 2. The number of anilines is 1. The molecule has 1 amide bonds. The molecule has 0 bridgehead atoms. The van der Waals surface area contributed by atoms with Crippen LogP contribution in [0.4, 0.5) is 10.2 Å². The summed E-state index contributed by atoms with van der Waals surface area (Å²) in [7, 11) is 0. The van der Waals surface area contributed by atoms with Crippen molar-refractivity contribution in [2.75, 3.05) is 5.73 Å². The maximum absolute atomic E-state index is 13.4. The first-order valence-corrected chi connectivity index (χ1v) is 5.88. The van der Waals surface area contributed by atoms with Gasteiger partial charge in [0.15, 0.2) is 0 Å². The SMILES string of the molecule is Nc1ncc(C(=O)NCc2ccccc2F)cc1Cl. The summed E-state index contributed by atoms with van der Waals surface area (Å²) in [4.78, 5) is 15.6. The first-order chi connectivity index (χ1) is 9.08. The normalized spacial score (nSPS) is 10.2. The van der Waals surface area contributed by atoms with Gasteiger partial charge in [-0.1, -0.05) is 29.8 Å². The Morgan fingerprint density at radius 2 is 2.16 bits per heavy atom. The molecule has 1 aromatic carbocycles. The second-order valence-corrected chi connectivity index (χ2v) is 4.27. The van der Waals surface area contributed by atoms with Gasteiger partial charge >= 0.3 is 0 Å². The van der Waals surface area contributed by atoms with Crippen molar-refractivity contribution in [2.24, 2.45) is 0 Å². The molecule has 0 saturated heterocycles. The highest BCUT2D eigenvalue weighted by Gasteiger charge is 2.09. The predicted molar refractivity (Wildman–Crippen MR) is 71.2 cm³/mol. The Morgan fingerprint density at radius 3 is 2.84 bits per heavy atom. The van der Waals surface area contributed by atoms with Gasteiger partial charge in [0.2, 0.25) is 0 Å². The molecule has 1 aromatic heterocycles. The van der Waals surface area contributed by atoms with Crippen LogP contribution in [-0.4, -0.2) is 10.9 Å². The van der Waals surface area contributed by atoms with Crippen molar-refractivity contribution >= 4 is 23.3 Å². The minimum atomic E-state index is -0.391. The van der Waals surface area contributed by atoms with Crippen LogP contribution in [0.15, 0.2) is 36.5 Å². The molecule has 1 heterocycles. The van der Waals surface area contributed by atoms with Gasteiger partial charge in [-0.3, -0.25) is 4.79 Å². The molecule has 2 rings (SSSR count). The zero-order chi connectivity index (χ0) is 13.8. The Kier molecular flexibility index (Phi) is 3.97. The molecular weight excluding hydrogens is 269 g/mol. The quantitative estimate of drug-likeness (QED) is 0.906. The molecule has 0 fully saturated rings. The Morgan fingerprint density at radius 1 is 1.42 bits per heavy atom. The summed E-state index contributed by atoms with van der Waals surface area (Å²) >= 11 is 5.77. The van der Waals surface area contributed by atoms with Crippen molar-refractivity contribution in [1.29, 1.82) is 0 Å². The van der Waals surface area contributed by atoms with E-state index in [9.17, 15) is 9.18 Å². The third kappa shape index (κ3) is 3.20. The van der Waals surface area contributed by atoms with E-state index < -0.39 is 5.91 Å². The van der Waals surface area contributed by atoms with Gasteiger partial charge < -0.3 is 11.1 Å². The average molecular weight is 280 g/mol. The number of nitrogens with two attached hydrogens (primary N) is 1. The lowest BCUT2D eigenvalue weighted by Crippen LogP contribution is -2.23. The third-order valence-electron chi connectivity index (χ3n) is 2.53. The molecule has 0 unspecified atom stereocenters. The number of nitrogens with one attached hydrogen (secondary N) is 1. The second kappa shape index (κ2) is 5.67. The van der Waals surface area contributed by atoms with E-state index in [-0.39, 0.29) is 28.8 Å². The number of amides is 1. The van der Waals surface area contributed by atoms with Crippen molar-refractivity contribution in [3.05, 3.63) is 58.5 Å². The van der Waals surface area contributed by atoms with Crippen LogP contribution in [0, 0.1) is 5.82 Å².